The van der Waals surface area contributed by atoms with Crippen molar-refractivity contribution in [3.05, 3.63) is 66.4 Å². The molecule has 5 heteroatoms. The van der Waals surface area contributed by atoms with E-state index >= 15 is 0 Å². The number of benzene rings is 2. The fraction of sp³-hybridized carbons (Fsp3) is 0.0556. The van der Waals surface area contributed by atoms with Gasteiger partial charge in [-0.2, -0.15) is 0 Å². The number of carbonyl (C=O) groups is 1. The van der Waals surface area contributed by atoms with Crippen LogP contribution in [0.1, 0.15) is 5.56 Å². The molecular formula is C18H13N3O2. The lowest BCUT2D eigenvalue weighted by Crippen LogP contribution is -2.25. The number of nitrogens with zero attached hydrogens (tertiary/aromatic N) is 3. The first-order valence-electron chi connectivity index (χ1n) is 7.19. The van der Waals surface area contributed by atoms with E-state index in [1.165, 1.54) is 7.11 Å². The summed E-state index contributed by atoms with van der Waals surface area (Å²) in [6.45, 7) is 0. The molecule has 2 heterocycles. The number of oxime groups is 1. The van der Waals surface area contributed by atoms with Gasteiger partial charge in [-0.25, -0.2) is 0 Å². The summed E-state index contributed by atoms with van der Waals surface area (Å²) >= 11 is 0. The largest absolute Gasteiger partial charge is 0.398 e. The van der Waals surface area contributed by atoms with Gasteiger partial charge in [0.05, 0.1) is 23.1 Å². The van der Waals surface area contributed by atoms with E-state index in [2.05, 4.69) is 10.1 Å². The smallest absolute Gasteiger partial charge is 0.285 e. The second kappa shape index (κ2) is 5.21. The van der Waals surface area contributed by atoms with Crippen molar-refractivity contribution < 1.29 is 9.63 Å². The molecule has 0 saturated carbocycles. The molecule has 5 nitrogen and oxygen atoms in total. The van der Waals surface area contributed by atoms with Crippen LogP contribution in [0.3, 0.4) is 0 Å². The number of hydrogen-bond acceptors (Lipinski definition) is 4. The van der Waals surface area contributed by atoms with Crippen LogP contribution in [0.15, 0.2) is 65.9 Å². The highest BCUT2D eigenvalue weighted by atomic mass is 16.6. The van der Waals surface area contributed by atoms with Gasteiger partial charge < -0.3 is 4.84 Å². The van der Waals surface area contributed by atoms with Crippen molar-refractivity contribution in [2.45, 2.75) is 0 Å². The van der Waals surface area contributed by atoms with Gasteiger partial charge in [-0.05, 0) is 18.2 Å². The molecule has 0 fully saturated rings. The van der Waals surface area contributed by atoms with Gasteiger partial charge in [0.15, 0.2) is 5.71 Å². The second-order valence-electron chi connectivity index (χ2n) is 5.17. The van der Waals surface area contributed by atoms with Crippen LogP contribution in [-0.4, -0.2) is 23.7 Å². The van der Waals surface area contributed by atoms with Gasteiger partial charge in [0.25, 0.3) is 5.91 Å². The predicted molar refractivity (Wildman–Crippen MR) is 88.9 cm³/mol. The molecule has 0 radical (unpaired) electrons. The molecule has 0 unspecified atom stereocenters. The molecule has 23 heavy (non-hydrogen) atoms. The van der Waals surface area contributed by atoms with Crippen molar-refractivity contribution >= 4 is 33.9 Å². The third kappa shape index (κ3) is 2.05. The molecule has 0 N–H and O–H groups in total. The fourth-order valence-electron chi connectivity index (χ4n) is 2.82. The monoisotopic (exact) mass is 303 g/mol. The second-order valence-corrected chi connectivity index (χ2v) is 5.17. The van der Waals surface area contributed by atoms with Crippen molar-refractivity contribution in [1.29, 1.82) is 0 Å². The van der Waals surface area contributed by atoms with Gasteiger partial charge >= 0.3 is 0 Å². The molecule has 1 aliphatic heterocycles. The van der Waals surface area contributed by atoms with Gasteiger partial charge in [0.2, 0.25) is 0 Å². The molecule has 1 aromatic heterocycles. The first kappa shape index (κ1) is 13.5. The van der Waals surface area contributed by atoms with Crippen molar-refractivity contribution in [3.8, 4) is 0 Å². The zero-order valence-corrected chi connectivity index (χ0v) is 12.4. The van der Waals surface area contributed by atoms with Crippen LogP contribution in [0, 0.1) is 0 Å². The van der Waals surface area contributed by atoms with Gasteiger partial charge in [-0.1, -0.05) is 41.6 Å². The molecule has 4 rings (SSSR count). The van der Waals surface area contributed by atoms with Crippen LogP contribution in [0.4, 0.5) is 11.4 Å². The Morgan fingerprint density at radius 1 is 1.09 bits per heavy atom. The maximum atomic E-state index is 12.8. The lowest BCUT2D eigenvalue weighted by Gasteiger charge is -2.16. The summed E-state index contributed by atoms with van der Waals surface area (Å²) in [5.41, 5.74) is 3.44. The van der Waals surface area contributed by atoms with E-state index in [0.717, 1.165) is 22.2 Å². The summed E-state index contributed by atoms with van der Waals surface area (Å²) in [7, 11) is 1.43. The Hall–Kier alpha value is -3.21. The lowest BCUT2D eigenvalue weighted by atomic mass is 10.1. The molecule has 0 bridgehead atoms. The third-order valence-corrected chi connectivity index (χ3v) is 3.82. The quantitative estimate of drug-likeness (QED) is 0.683. The minimum absolute atomic E-state index is 0.217. The van der Waals surface area contributed by atoms with Crippen molar-refractivity contribution in [1.82, 2.24) is 4.98 Å². The topological polar surface area (TPSA) is 54.8 Å². The number of rotatable bonds is 2. The number of aromatic nitrogens is 1. The van der Waals surface area contributed by atoms with E-state index in [0.29, 0.717) is 11.4 Å². The minimum atomic E-state index is -0.217. The summed E-state index contributed by atoms with van der Waals surface area (Å²) in [6, 6.07) is 17.3. The molecule has 2 aromatic carbocycles. The average molecular weight is 303 g/mol. The maximum absolute atomic E-state index is 12.8. The molecule has 3 aromatic rings. The van der Waals surface area contributed by atoms with Crippen LogP contribution < -0.4 is 4.90 Å². The number of anilines is 2. The molecule has 0 spiro atoms. The molecule has 112 valence electrons. The average Bonchev–Trinajstić information content (AvgIpc) is 2.87. The van der Waals surface area contributed by atoms with Crippen molar-refractivity contribution in [2.24, 2.45) is 5.16 Å². The number of carbonyl (C=O) groups excluding carboxylic acids is 1. The number of amides is 1. The Balaban J connectivity index is 1.90. The summed E-state index contributed by atoms with van der Waals surface area (Å²) in [6.07, 6.45) is 1.70. The SMILES string of the molecule is CON=C1C(=O)N(c2cnc3ccccc3c2)c2ccccc21. The zero-order chi connectivity index (χ0) is 15.8. The standard InChI is InChI=1S/C18H13N3O2/c1-23-20-17-14-7-3-5-9-16(14)21(18(17)22)13-10-12-6-2-4-8-15(12)19-11-13/h2-11H,1H3. The van der Waals surface area contributed by atoms with Crippen LogP contribution in [0.25, 0.3) is 10.9 Å². The van der Waals surface area contributed by atoms with E-state index in [9.17, 15) is 4.79 Å². The van der Waals surface area contributed by atoms with Crippen molar-refractivity contribution in [2.75, 3.05) is 12.0 Å². The first-order chi connectivity index (χ1) is 11.3. The van der Waals surface area contributed by atoms with Crippen LogP contribution in [0.5, 0.6) is 0 Å². The van der Waals surface area contributed by atoms with Gasteiger partial charge in [0.1, 0.15) is 7.11 Å². The van der Waals surface area contributed by atoms with E-state index in [1.807, 2.05) is 54.6 Å². The molecule has 0 saturated heterocycles. The van der Waals surface area contributed by atoms with Crippen LogP contribution in [0.2, 0.25) is 0 Å². The molecule has 1 amide bonds. The highest BCUT2D eigenvalue weighted by Gasteiger charge is 2.35. The normalized spacial score (nSPS) is 15.3. The number of hydrogen-bond donors (Lipinski definition) is 0. The Labute approximate surface area is 132 Å². The Kier molecular flexibility index (Phi) is 3.05. The summed E-state index contributed by atoms with van der Waals surface area (Å²) in [5, 5.41) is 4.87. The van der Waals surface area contributed by atoms with Crippen molar-refractivity contribution in [3.63, 3.8) is 0 Å². The third-order valence-electron chi connectivity index (χ3n) is 3.82. The first-order valence-corrected chi connectivity index (χ1v) is 7.19. The lowest BCUT2D eigenvalue weighted by molar-refractivity contribution is -0.111. The van der Waals surface area contributed by atoms with Crippen LogP contribution in [-0.2, 0) is 9.63 Å². The highest BCUT2D eigenvalue weighted by Crippen LogP contribution is 2.36. The Morgan fingerprint density at radius 2 is 1.87 bits per heavy atom. The molecular weight excluding hydrogens is 290 g/mol. The highest BCUT2D eigenvalue weighted by molar-refractivity contribution is 6.55. The summed E-state index contributed by atoms with van der Waals surface area (Å²) in [5.74, 6) is -0.217. The molecule has 1 aliphatic rings. The zero-order valence-electron chi connectivity index (χ0n) is 12.4. The number of pyridine rings is 1. The van der Waals surface area contributed by atoms with E-state index in [1.54, 1.807) is 11.1 Å². The fourth-order valence-corrected chi connectivity index (χ4v) is 2.82. The maximum Gasteiger partial charge on any atom is 0.285 e. The van der Waals surface area contributed by atoms with Gasteiger partial charge in [0, 0.05) is 10.9 Å². The van der Waals surface area contributed by atoms with Gasteiger partial charge in [-0.15, -0.1) is 0 Å². The summed E-state index contributed by atoms with van der Waals surface area (Å²) in [4.78, 5) is 23.7. The van der Waals surface area contributed by atoms with E-state index in [4.69, 9.17) is 4.84 Å². The molecule has 0 aliphatic carbocycles. The minimum Gasteiger partial charge on any atom is -0.398 e. The van der Waals surface area contributed by atoms with E-state index < -0.39 is 0 Å². The molecule has 0 atom stereocenters. The predicted octanol–water partition coefficient (Wildman–Crippen LogP) is 3.26. The van der Waals surface area contributed by atoms with Gasteiger partial charge in [-0.3, -0.25) is 14.7 Å². The van der Waals surface area contributed by atoms with Crippen LogP contribution >= 0.6 is 0 Å². The summed E-state index contributed by atoms with van der Waals surface area (Å²) < 4.78 is 0. The number of para-hydroxylation sites is 2. The Bertz CT molecular complexity index is 950. The van der Waals surface area contributed by atoms with E-state index in [-0.39, 0.29) is 5.91 Å². The number of fused-ring (bicyclic) bond motifs is 2. The Morgan fingerprint density at radius 3 is 2.74 bits per heavy atom.